The number of hydrogen-bond donors (Lipinski definition) is 2. The fourth-order valence-electron chi connectivity index (χ4n) is 2.99. The average Bonchev–Trinajstić information content (AvgIpc) is 2.32. The van der Waals surface area contributed by atoms with Crippen molar-refractivity contribution < 1.29 is 10.2 Å². The SMILES string of the molecule is CC(C)(C)[C@H]1CC[C@@](O)(c2ccccc2)[C@H](O)C1. The molecule has 0 unspecified atom stereocenters. The van der Waals surface area contributed by atoms with E-state index in [1.165, 1.54) is 0 Å². The molecule has 1 aromatic rings. The van der Waals surface area contributed by atoms with Gasteiger partial charge in [0, 0.05) is 0 Å². The van der Waals surface area contributed by atoms with E-state index in [9.17, 15) is 10.2 Å². The molecule has 2 heteroatoms. The van der Waals surface area contributed by atoms with Gasteiger partial charge in [0.05, 0.1) is 6.10 Å². The van der Waals surface area contributed by atoms with E-state index < -0.39 is 11.7 Å². The van der Waals surface area contributed by atoms with Crippen molar-refractivity contribution >= 4 is 0 Å². The Labute approximate surface area is 110 Å². The summed E-state index contributed by atoms with van der Waals surface area (Å²) in [4.78, 5) is 0. The average molecular weight is 248 g/mol. The van der Waals surface area contributed by atoms with Gasteiger partial charge in [-0.05, 0) is 36.2 Å². The highest BCUT2D eigenvalue weighted by Crippen LogP contribution is 2.45. The fraction of sp³-hybridized carbons (Fsp3) is 0.625. The lowest BCUT2D eigenvalue weighted by molar-refractivity contribution is -0.128. The van der Waals surface area contributed by atoms with E-state index >= 15 is 0 Å². The summed E-state index contributed by atoms with van der Waals surface area (Å²) >= 11 is 0. The van der Waals surface area contributed by atoms with Crippen molar-refractivity contribution in [2.45, 2.75) is 51.7 Å². The van der Waals surface area contributed by atoms with Crippen LogP contribution in [0, 0.1) is 11.3 Å². The molecule has 0 amide bonds. The molecule has 0 radical (unpaired) electrons. The zero-order chi connectivity index (χ0) is 13.4. The summed E-state index contributed by atoms with van der Waals surface area (Å²) < 4.78 is 0. The third kappa shape index (κ3) is 2.45. The van der Waals surface area contributed by atoms with Gasteiger partial charge in [0.1, 0.15) is 5.60 Å². The molecular weight excluding hydrogens is 224 g/mol. The Morgan fingerprint density at radius 2 is 1.78 bits per heavy atom. The molecule has 1 aromatic carbocycles. The van der Waals surface area contributed by atoms with Gasteiger partial charge in [0.15, 0.2) is 0 Å². The van der Waals surface area contributed by atoms with Crippen molar-refractivity contribution in [3.05, 3.63) is 35.9 Å². The molecule has 2 N–H and O–H groups in total. The lowest BCUT2D eigenvalue weighted by atomic mass is 9.65. The van der Waals surface area contributed by atoms with Crippen LogP contribution in [0.15, 0.2) is 30.3 Å². The van der Waals surface area contributed by atoms with Gasteiger partial charge >= 0.3 is 0 Å². The second-order valence-corrected chi connectivity index (χ2v) is 6.64. The van der Waals surface area contributed by atoms with E-state index in [4.69, 9.17) is 0 Å². The standard InChI is InChI=1S/C16H24O2/c1-15(2,3)13-9-10-16(18,14(17)11-13)12-7-5-4-6-8-12/h4-8,13-14,17-18H,9-11H2,1-3H3/t13-,14+,16+/m0/s1. The molecule has 3 atom stereocenters. The molecule has 1 saturated carbocycles. The Hall–Kier alpha value is -0.860. The Morgan fingerprint density at radius 1 is 1.17 bits per heavy atom. The molecule has 100 valence electrons. The van der Waals surface area contributed by atoms with E-state index in [2.05, 4.69) is 20.8 Å². The molecule has 2 rings (SSSR count). The highest BCUT2D eigenvalue weighted by atomic mass is 16.3. The van der Waals surface area contributed by atoms with Crippen LogP contribution in [-0.4, -0.2) is 16.3 Å². The van der Waals surface area contributed by atoms with Gasteiger partial charge < -0.3 is 10.2 Å². The predicted octanol–water partition coefficient (Wildman–Crippen LogP) is 3.08. The molecule has 1 fully saturated rings. The number of hydrogen-bond acceptors (Lipinski definition) is 2. The Balaban J connectivity index is 2.19. The van der Waals surface area contributed by atoms with Crippen LogP contribution in [-0.2, 0) is 5.60 Å². The van der Waals surface area contributed by atoms with Crippen molar-refractivity contribution in [3.63, 3.8) is 0 Å². The lowest BCUT2D eigenvalue weighted by Crippen LogP contribution is -2.46. The summed E-state index contributed by atoms with van der Waals surface area (Å²) in [5, 5.41) is 21.1. The zero-order valence-electron chi connectivity index (χ0n) is 11.6. The molecule has 18 heavy (non-hydrogen) atoms. The second-order valence-electron chi connectivity index (χ2n) is 6.64. The first-order valence-corrected chi connectivity index (χ1v) is 6.80. The Kier molecular flexibility index (Phi) is 3.52. The Morgan fingerprint density at radius 3 is 2.28 bits per heavy atom. The minimum atomic E-state index is -1.07. The quantitative estimate of drug-likeness (QED) is 0.802. The first-order valence-electron chi connectivity index (χ1n) is 6.80. The molecule has 0 aromatic heterocycles. The van der Waals surface area contributed by atoms with Gasteiger partial charge in [-0.3, -0.25) is 0 Å². The number of rotatable bonds is 1. The van der Waals surface area contributed by atoms with Crippen molar-refractivity contribution in [2.24, 2.45) is 11.3 Å². The minimum Gasteiger partial charge on any atom is -0.390 e. The van der Waals surface area contributed by atoms with Gasteiger partial charge in [0.2, 0.25) is 0 Å². The molecule has 1 aliphatic rings. The molecule has 2 nitrogen and oxygen atoms in total. The van der Waals surface area contributed by atoms with Crippen molar-refractivity contribution in [3.8, 4) is 0 Å². The van der Waals surface area contributed by atoms with E-state index in [-0.39, 0.29) is 5.41 Å². The van der Waals surface area contributed by atoms with Gasteiger partial charge in [-0.2, -0.15) is 0 Å². The molecule has 0 aliphatic heterocycles. The fourth-order valence-corrected chi connectivity index (χ4v) is 2.99. The molecule has 1 aliphatic carbocycles. The summed E-state index contributed by atoms with van der Waals surface area (Å²) in [6, 6.07) is 9.56. The summed E-state index contributed by atoms with van der Waals surface area (Å²) in [5.74, 6) is 0.469. The van der Waals surface area contributed by atoms with Crippen LogP contribution in [0.3, 0.4) is 0 Å². The molecule has 0 spiro atoms. The monoisotopic (exact) mass is 248 g/mol. The maximum absolute atomic E-state index is 10.7. The van der Waals surface area contributed by atoms with E-state index in [1.807, 2.05) is 30.3 Å². The second kappa shape index (κ2) is 4.67. The van der Waals surface area contributed by atoms with Crippen molar-refractivity contribution in [1.82, 2.24) is 0 Å². The highest BCUT2D eigenvalue weighted by molar-refractivity contribution is 5.24. The van der Waals surface area contributed by atoms with E-state index in [1.54, 1.807) is 0 Å². The lowest BCUT2D eigenvalue weighted by Gasteiger charge is -2.44. The van der Waals surface area contributed by atoms with Gasteiger partial charge in [-0.1, -0.05) is 51.1 Å². The van der Waals surface area contributed by atoms with Gasteiger partial charge in [0.25, 0.3) is 0 Å². The normalized spacial score (nSPS) is 33.4. The van der Waals surface area contributed by atoms with Crippen molar-refractivity contribution in [2.75, 3.05) is 0 Å². The van der Waals surface area contributed by atoms with Crippen LogP contribution < -0.4 is 0 Å². The molecule has 0 bridgehead atoms. The van der Waals surface area contributed by atoms with Gasteiger partial charge in [-0.25, -0.2) is 0 Å². The molecule has 0 heterocycles. The smallest absolute Gasteiger partial charge is 0.115 e. The van der Waals surface area contributed by atoms with Crippen LogP contribution in [0.25, 0.3) is 0 Å². The van der Waals surface area contributed by atoms with E-state index in [0.29, 0.717) is 18.8 Å². The van der Waals surface area contributed by atoms with Crippen LogP contribution in [0.4, 0.5) is 0 Å². The highest BCUT2D eigenvalue weighted by Gasteiger charge is 2.44. The van der Waals surface area contributed by atoms with Crippen LogP contribution in [0.2, 0.25) is 0 Å². The first kappa shape index (κ1) is 13.6. The third-order valence-corrected chi connectivity index (χ3v) is 4.43. The summed E-state index contributed by atoms with van der Waals surface area (Å²) in [6.07, 6.45) is 1.61. The maximum atomic E-state index is 10.7. The molecular formula is C16H24O2. The van der Waals surface area contributed by atoms with Crippen LogP contribution >= 0.6 is 0 Å². The maximum Gasteiger partial charge on any atom is 0.115 e. The minimum absolute atomic E-state index is 0.193. The topological polar surface area (TPSA) is 40.5 Å². The first-order chi connectivity index (χ1) is 8.34. The number of aliphatic hydroxyl groups is 2. The van der Waals surface area contributed by atoms with Crippen LogP contribution in [0.5, 0.6) is 0 Å². The zero-order valence-corrected chi connectivity index (χ0v) is 11.6. The molecule has 0 saturated heterocycles. The summed E-state index contributed by atoms with van der Waals surface area (Å²) in [5.41, 5.74) is -0.0352. The number of aliphatic hydroxyl groups excluding tert-OH is 1. The Bertz CT molecular complexity index is 393. The summed E-state index contributed by atoms with van der Waals surface area (Å²) in [6.45, 7) is 6.62. The summed E-state index contributed by atoms with van der Waals surface area (Å²) in [7, 11) is 0. The number of benzene rings is 1. The van der Waals surface area contributed by atoms with E-state index in [0.717, 1.165) is 12.0 Å². The van der Waals surface area contributed by atoms with Crippen molar-refractivity contribution in [1.29, 1.82) is 0 Å². The largest absolute Gasteiger partial charge is 0.390 e. The predicted molar refractivity (Wildman–Crippen MR) is 73.1 cm³/mol. The van der Waals surface area contributed by atoms with Gasteiger partial charge in [-0.15, -0.1) is 0 Å². The van der Waals surface area contributed by atoms with Crippen LogP contribution in [0.1, 0.15) is 45.6 Å². The third-order valence-electron chi connectivity index (χ3n) is 4.43.